The summed E-state index contributed by atoms with van der Waals surface area (Å²) in [6.07, 6.45) is -5.57. The summed E-state index contributed by atoms with van der Waals surface area (Å²) in [5.74, 6) is 0. The molecule has 0 amide bonds. The molecule has 1 rings (SSSR count). The zero-order valence-corrected chi connectivity index (χ0v) is 6.82. The molecular formula is C7H12F3NO. The quantitative estimate of drug-likeness (QED) is 0.611. The standard InChI is InChI=1S/C7H12F3NO/c1-5-2-3-11-4-6(12-5)7(8,9)10/h5-6,11H,2-4H2,1H3. The van der Waals surface area contributed by atoms with Crippen molar-refractivity contribution in [1.29, 1.82) is 0 Å². The van der Waals surface area contributed by atoms with Crippen molar-refractivity contribution in [3.05, 3.63) is 0 Å². The fourth-order valence-corrected chi connectivity index (χ4v) is 1.13. The van der Waals surface area contributed by atoms with Crippen molar-refractivity contribution in [3.8, 4) is 0 Å². The molecule has 0 aromatic rings. The summed E-state index contributed by atoms with van der Waals surface area (Å²) < 4.78 is 41.2. The van der Waals surface area contributed by atoms with Crippen LogP contribution >= 0.6 is 0 Å². The lowest BCUT2D eigenvalue weighted by molar-refractivity contribution is -0.226. The van der Waals surface area contributed by atoms with Crippen molar-refractivity contribution in [1.82, 2.24) is 5.32 Å². The van der Waals surface area contributed by atoms with Crippen LogP contribution in [0.3, 0.4) is 0 Å². The second kappa shape index (κ2) is 3.62. The molecule has 1 N–H and O–H groups in total. The van der Waals surface area contributed by atoms with Crippen LogP contribution in [0.25, 0.3) is 0 Å². The van der Waals surface area contributed by atoms with Gasteiger partial charge >= 0.3 is 6.18 Å². The normalized spacial score (nSPS) is 33.0. The lowest BCUT2D eigenvalue weighted by atomic mass is 10.3. The predicted molar refractivity (Wildman–Crippen MR) is 37.9 cm³/mol. The maximum Gasteiger partial charge on any atom is 0.415 e. The van der Waals surface area contributed by atoms with Crippen LogP contribution in [0.2, 0.25) is 0 Å². The Labute approximate surface area is 69.1 Å². The second-order valence-corrected chi connectivity index (χ2v) is 2.97. The molecule has 0 aromatic heterocycles. The molecule has 1 heterocycles. The van der Waals surface area contributed by atoms with Crippen molar-refractivity contribution in [2.24, 2.45) is 0 Å². The summed E-state index contributed by atoms with van der Waals surface area (Å²) in [5, 5.41) is 2.69. The average Bonchev–Trinajstić information content (AvgIpc) is 2.11. The van der Waals surface area contributed by atoms with Crippen molar-refractivity contribution < 1.29 is 17.9 Å². The van der Waals surface area contributed by atoms with Crippen molar-refractivity contribution in [2.75, 3.05) is 13.1 Å². The van der Waals surface area contributed by atoms with Crippen molar-refractivity contribution in [3.63, 3.8) is 0 Å². The molecular weight excluding hydrogens is 171 g/mol. The number of rotatable bonds is 0. The summed E-state index contributed by atoms with van der Waals surface area (Å²) in [5.41, 5.74) is 0. The van der Waals surface area contributed by atoms with E-state index in [-0.39, 0.29) is 12.6 Å². The first kappa shape index (κ1) is 9.80. The van der Waals surface area contributed by atoms with E-state index in [4.69, 9.17) is 4.74 Å². The molecule has 0 aromatic carbocycles. The smallest absolute Gasteiger partial charge is 0.364 e. The fourth-order valence-electron chi connectivity index (χ4n) is 1.13. The van der Waals surface area contributed by atoms with Gasteiger partial charge in [0.1, 0.15) is 0 Å². The van der Waals surface area contributed by atoms with E-state index in [2.05, 4.69) is 5.32 Å². The van der Waals surface area contributed by atoms with E-state index in [0.29, 0.717) is 13.0 Å². The molecule has 1 aliphatic heterocycles. The topological polar surface area (TPSA) is 21.3 Å². The number of hydrogen-bond acceptors (Lipinski definition) is 2. The van der Waals surface area contributed by atoms with Gasteiger partial charge in [0.25, 0.3) is 0 Å². The molecule has 0 spiro atoms. The van der Waals surface area contributed by atoms with Crippen LogP contribution in [0, 0.1) is 0 Å². The van der Waals surface area contributed by atoms with Gasteiger partial charge in [-0.15, -0.1) is 0 Å². The summed E-state index contributed by atoms with van der Waals surface area (Å²) in [6.45, 7) is 2.12. The Kier molecular flexibility index (Phi) is 2.95. The van der Waals surface area contributed by atoms with E-state index in [9.17, 15) is 13.2 Å². The summed E-state index contributed by atoms with van der Waals surface area (Å²) in [7, 11) is 0. The van der Waals surface area contributed by atoms with E-state index in [1.165, 1.54) is 0 Å². The predicted octanol–water partition coefficient (Wildman–Crippen LogP) is 1.32. The summed E-state index contributed by atoms with van der Waals surface area (Å²) >= 11 is 0. The van der Waals surface area contributed by atoms with E-state index in [1.807, 2.05) is 0 Å². The van der Waals surface area contributed by atoms with Crippen molar-refractivity contribution in [2.45, 2.75) is 31.7 Å². The zero-order chi connectivity index (χ0) is 9.19. The lowest BCUT2D eigenvalue weighted by Crippen LogP contribution is -2.39. The fraction of sp³-hybridized carbons (Fsp3) is 1.00. The van der Waals surface area contributed by atoms with Gasteiger partial charge in [0.15, 0.2) is 6.10 Å². The van der Waals surface area contributed by atoms with Crippen LogP contribution in [-0.2, 0) is 4.74 Å². The Morgan fingerprint density at radius 2 is 2.08 bits per heavy atom. The Bertz CT molecular complexity index is 148. The molecule has 0 saturated carbocycles. The molecule has 0 radical (unpaired) electrons. The van der Waals surface area contributed by atoms with E-state index < -0.39 is 12.3 Å². The van der Waals surface area contributed by atoms with Crippen LogP contribution in [-0.4, -0.2) is 31.5 Å². The number of alkyl halides is 3. The molecule has 2 atom stereocenters. The highest BCUT2D eigenvalue weighted by Crippen LogP contribution is 2.24. The summed E-state index contributed by atoms with van der Waals surface area (Å²) in [6, 6.07) is 0. The van der Waals surface area contributed by atoms with Crippen LogP contribution in [0.4, 0.5) is 13.2 Å². The Morgan fingerprint density at radius 1 is 1.42 bits per heavy atom. The first-order valence-electron chi connectivity index (χ1n) is 3.93. The van der Waals surface area contributed by atoms with E-state index >= 15 is 0 Å². The number of ether oxygens (including phenoxy) is 1. The monoisotopic (exact) mass is 183 g/mol. The van der Waals surface area contributed by atoms with Crippen molar-refractivity contribution >= 4 is 0 Å². The third kappa shape index (κ3) is 2.64. The minimum Gasteiger partial charge on any atom is -0.364 e. The highest BCUT2D eigenvalue weighted by Gasteiger charge is 2.41. The van der Waals surface area contributed by atoms with E-state index in [0.717, 1.165) is 0 Å². The molecule has 1 aliphatic rings. The molecule has 0 bridgehead atoms. The Hall–Kier alpha value is -0.290. The molecule has 12 heavy (non-hydrogen) atoms. The Balaban J connectivity index is 2.52. The maximum absolute atomic E-state index is 12.1. The number of hydrogen-bond donors (Lipinski definition) is 1. The summed E-state index contributed by atoms with van der Waals surface area (Å²) in [4.78, 5) is 0. The molecule has 5 heteroatoms. The minimum atomic E-state index is -4.24. The van der Waals surface area contributed by atoms with Crippen LogP contribution < -0.4 is 5.32 Å². The Morgan fingerprint density at radius 3 is 2.67 bits per heavy atom. The molecule has 0 aliphatic carbocycles. The van der Waals surface area contributed by atoms with Gasteiger partial charge < -0.3 is 10.1 Å². The van der Waals surface area contributed by atoms with Gasteiger partial charge in [-0.25, -0.2) is 0 Å². The molecule has 72 valence electrons. The third-order valence-corrected chi connectivity index (χ3v) is 1.82. The van der Waals surface area contributed by atoms with E-state index in [1.54, 1.807) is 6.92 Å². The molecule has 2 unspecified atom stereocenters. The highest BCUT2D eigenvalue weighted by atomic mass is 19.4. The van der Waals surface area contributed by atoms with Crippen LogP contribution in [0.5, 0.6) is 0 Å². The largest absolute Gasteiger partial charge is 0.415 e. The highest BCUT2D eigenvalue weighted by molar-refractivity contribution is 4.75. The first-order chi connectivity index (χ1) is 5.50. The van der Waals surface area contributed by atoms with Gasteiger partial charge in [0, 0.05) is 6.54 Å². The van der Waals surface area contributed by atoms with Gasteiger partial charge in [-0.05, 0) is 19.9 Å². The van der Waals surface area contributed by atoms with Gasteiger partial charge in [0.05, 0.1) is 6.10 Å². The SMILES string of the molecule is CC1CCNCC(C(F)(F)F)O1. The second-order valence-electron chi connectivity index (χ2n) is 2.97. The van der Waals surface area contributed by atoms with Gasteiger partial charge in [-0.1, -0.05) is 0 Å². The first-order valence-corrected chi connectivity index (χ1v) is 3.93. The molecule has 2 nitrogen and oxygen atoms in total. The molecule has 1 fully saturated rings. The van der Waals surface area contributed by atoms with Gasteiger partial charge in [-0.3, -0.25) is 0 Å². The van der Waals surface area contributed by atoms with Gasteiger partial charge in [-0.2, -0.15) is 13.2 Å². The lowest BCUT2D eigenvalue weighted by Gasteiger charge is -2.20. The molecule has 1 saturated heterocycles. The number of nitrogens with one attached hydrogen (secondary N) is 1. The van der Waals surface area contributed by atoms with Crippen LogP contribution in [0.1, 0.15) is 13.3 Å². The zero-order valence-electron chi connectivity index (χ0n) is 6.82. The third-order valence-electron chi connectivity index (χ3n) is 1.82. The maximum atomic E-state index is 12.1. The average molecular weight is 183 g/mol. The van der Waals surface area contributed by atoms with Gasteiger partial charge in [0.2, 0.25) is 0 Å². The van der Waals surface area contributed by atoms with Crippen LogP contribution in [0.15, 0.2) is 0 Å². The number of halogens is 3. The minimum absolute atomic E-state index is 0.131.